The van der Waals surface area contributed by atoms with Gasteiger partial charge in [-0.05, 0) is 42.9 Å². The predicted molar refractivity (Wildman–Crippen MR) is 75.1 cm³/mol. The number of carbonyl (C=O) groups is 1. The molecule has 1 aliphatic carbocycles. The van der Waals surface area contributed by atoms with Gasteiger partial charge in [0, 0.05) is 6.42 Å². The Hall–Kier alpha value is -1.75. The third-order valence-corrected chi connectivity index (χ3v) is 4.68. The quantitative estimate of drug-likeness (QED) is 0.908. The summed E-state index contributed by atoms with van der Waals surface area (Å²) < 4.78 is 10.6. The molecule has 1 aromatic rings. The van der Waals surface area contributed by atoms with Crippen molar-refractivity contribution in [2.24, 2.45) is 5.92 Å². The zero-order chi connectivity index (χ0) is 14.4. The predicted octanol–water partition coefficient (Wildman–Crippen LogP) is 1.33. The Balaban J connectivity index is 1.30. The summed E-state index contributed by atoms with van der Waals surface area (Å²) in [5.41, 5.74) is 0.486. The van der Waals surface area contributed by atoms with Crippen molar-refractivity contribution in [1.82, 2.24) is 4.90 Å². The molecule has 1 saturated heterocycles. The van der Waals surface area contributed by atoms with E-state index in [9.17, 15) is 9.90 Å². The topological polar surface area (TPSA) is 59.0 Å². The molecule has 3 aliphatic rings. The molecular weight excluding hydrogens is 270 g/mol. The van der Waals surface area contributed by atoms with E-state index < -0.39 is 5.60 Å². The minimum Gasteiger partial charge on any atom is -0.454 e. The maximum Gasteiger partial charge on any atom is 0.231 e. The third-order valence-electron chi connectivity index (χ3n) is 4.68. The zero-order valence-corrected chi connectivity index (χ0v) is 11.9. The maximum atomic E-state index is 12.1. The summed E-state index contributed by atoms with van der Waals surface area (Å²) in [5, 5.41) is 10.2. The molecule has 0 unspecified atom stereocenters. The summed E-state index contributed by atoms with van der Waals surface area (Å²) in [6, 6.07) is 5.79. The Labute approximate surface area is 123 Å². The summed E-state index contributed by atoms with van der Waals surface area (Å²) in [6.07, 6.45) is 3.37. The number of likely N-dealkylation sites (tertiary alicyclic amines) is 1. The molecule has 2 aliphatic heterocycles. The van der Waals surface area contributed by atoms with Crippen molar-refractivity contribution in [3.8, 4) is 11.5 Å². The molecule has 5 heteroatoms. The summed E-state index contributed by atoms with van der Waals surface area (Å²) in [5.74, 6) is 2.07. The third kappa shape index (κ3) is 2.35. The first-order valence-electron chi connectivity index (χ1n) is 7.53. The van der Waals surface area contributed by atoms with E-state index in [0.717, 1.165) is 29.9 Å². The number of fused-ring (bicyclic) bond motifs is 1. The Kier molecular flexibility index (Phi) is 2.85. The van der Waals surface area contributed by atoms with Gasteiger partial charge in [-0.3, -0.25) is 4.79 Å². The molecule has 0 aromatic heterocycles. The summed E-state index contributed by atoms with van der Waals surface area (Å²) in [4.78, 5) is 13.9. The molecule has 1 N–H and O–H groups in total. The van der Waals surface area contributed by atoms with E-state index in [0.29, 0.717) is 31.8 Å². The lowest BCUT2D eigenvalue weighted by atomic mass is 9.88. The average Bonchev–Trinajstić information content (AvgIpc) is 3.20. The molecule has 0 atom stereocenters. The maximum absolute atomic E-state index is 12.1. The van der Waals surface area contributed by atoms with Crippen LogP contribution < -0.4 is 9.47 Å². The molecule has 5 nitrogen and oxygen atoms in total. The molecule has 1 aromatic carbocycles. The lowest BCUT2D eigenvalue weighted by Gasteiger charge is -2.47. The summed E-state index contributed by atoms with van der Waals surface area (Å²) in [7, 11) is 0. The van der Waals surface area contributed by atoms with Crippen LogP contribution >= 0.6 is 0 Å². The SMILES string of the molecule is O=C(CCc1ccc2c(c1)OCO2)N1CC(O)(C2CC2)C1. The van der Waals surface area contributed by atoms with Gasteiger partial charge in [-0.25, -0.2) is 0 Å². The van der Waals surface area contributed by atoms with E-state index in [1.54, 1.807) is 4.90 Å². The second-order valence-electron chi connectivity index (χ2n) is 6.32. The first-order valence-corrected chi connectivity index (χ1v) is 7.53. The number of nitrogens with zero attached hydrogens (tertiary/aromatic N) is 1. The van der Waals surface area contributed by atoms with E-state index in [1.807, 2.05) is 18.2 Å². The van der Waals surface area contributed by atoms with Gasteiger partial charge >= 0.3 is 0 Å². The van der Waals surface area contributed by atoms with Crippen molar-refractivity contribution >= 4 is 5.91 Å². The van der Waals surface area contributed by atoms with Crippen LogP contribution in [0, 0.1) is 5.92 Å². The number of aryl methyl sites for hydroxylation is 1. The van der Waals surface area contributed by atoms with Gasteiger partial charge in [-0.2, -0.15) is 0 Å². The summed E-state index contributed by atoms with van der Waals surface area (Å²) in [6.45, 7) is 1.29. The molecule has 2 fully saturated rings. The summed E-state index contributed by atoms with van der Waals surface area (Å²) >= 11 is 0. The highest BCUT2D eigenvalue weighted by atomic mass is 16.7. The van der Waals surface area contributed by atoms with Gasteiger partial charge in [-0.1, -0.05) is 6.07 Å². The van der Waals surface area contributed by atoms with E-state index in [-0.39, 0.29) is 12.7 Å². The molecule has 2 heterocycles. The monoisotopic (exact) mass is 289 g/mol. The molecule has 0 bridgehead atoms. The van der Waals surface area contributed by atoms with Crippen molar-refractivity contribution < 1.29 is 19.4 Å². The van der Waals surface area contributed by atoms with E-state index in [4.69, 9.17) is 9.47 Å². The number of β-amino-alcohol motifs (C(OH)–C–C–N with tert-alkyl or cyclic N) is 1. The second kappa shape index (κ2) is 4.63. The molecule has 0 radical (unpaired) electrons. The standard InChI is InChI=1S/C16H19NO4/c18-15(17-8-16(19,9-17)12-3-4-12)6-2-11-1-5-13-14(7-11)21-10-20-13/h1,5,7,12,19H,2-4,6,8-10H2. The fourth-order valence-corrected chi connectivity index (χ4v) is 3.18. The number of rotatable bonds is 4. The van der Waals surface area contributed by atoms with Gasteiger partial charge in [0.25, 0.3) is 0 Å². The van der Waals surface area contributed by atoms with Crippen LogP contribution in [0.2, 0.25) is 0 Å². The van der Waals surface area contributed by atoms with Crippen LogP contribution in [0.1, 0.15) is 24.8 Å². The Bertz CT molecular complexity index is 576. The van der Waals surface area contributed by atoms with Gasteiger partial charge in [-0.15, -0.1) is 0 Å². The highest BCUT2D eigenvalue weighted by Crippen LogP contribution is 2.44. The molecule has 0 spiro atoms. The Morgan fingerprint density at radius 1 is 1.29 bits per heavy atom. The second-order valence-corrected chi connectivity index (χ2v) is 6.32. The highest BCUT2D eigenvalue weighted by molar-refractivity contribution is 5.77. The van der Waals surface area contributed by atoms with Crippen LogP contribution in [0.15, 0.2) is 18.2 Å². The molecule has 1 amide bonds. The van der Waals surface area contributed by atoms with Crippen molar-refractivity contribution in [2.75, 3.05) is 19.9 Å². The lowest BCUT2D eigenvalue weighted by molar-refractivity contribution is -0.159. The van der Waals surface area contributed by atoms with E-state index in [1.165, 1.54) is 0 Å². The normalized spacial score (nSPS) is 22.0. The fourth-order valence-electron chi connectivity index (χ4n) is 3.18. The number of hydrogen-bond acceptors (Lipinski definition) is 4. The minimum atomic E-state index is -0.589. The highest BCUT2D eigenvalue weighted by Gasteiger charge is 2.52. The van der Waals surface area contributed by atoms with Gasteiger partial charge < -0.3 is 19.5 Å². The zero-order valence-electron chi connectivity index (χ0n) is 11.9. The Morgan fingerprint density at radius 3 is 2.81 bits per heavy atom. The minimum absolute atomic E-state index is 0.123. The first kappa shape index (κ1) is 13.0. The van der Waals surface area contributed by atoms with Gasteiger partial charge in [0.05, 0.1) is 13.1 Å². The van der Waals surface area contributed by atoms with E-state index in [2.05, 4.69) is 0 Å². The van der Waals surface area contributed by atoms with Crippen LogP contribution in [-0.4, -0.2) is 41.4 Å². The van der Waals surface area contributed by atoms with Crippen LogP contribution in [-0.2, 0) is 11.2 Å². The average molecular weight is 289 g/mol. The molecular formula is C16H19NO4. The fraction of sp³-hybridized carbons (Fsp3) is 0.562. The molecule has 112 valence electrons. The van der Waals surface area contributed by atoms with Crippen LogP contribution in [0.3, 0.4) is 0 Å². The van der Waals surface area contributed by atoms with E-state index >= 15 is 0 Å². The van der Waals surface area contributed by atoms with Gasteiger partial charge in [0.1, 0.15) is 5.60 Å². The van der Waals surface area contributed by atoms with Gasteiger partial charge in [0.15, 0.2) is 11.5 Å². The molecule has 1 saturated carbocycles. The molecule has 21 heavy (non-hydrogen) atoms. The Morgan fingerprint density at radius 2 is 2.05 bits per heavy atom. The molecule has 4 rings (SSSR count). The number of ether oxygens (including phenoxy) is 2. The smallest absolute Gasteiger partial charge is 0.231 e. The van der Waals surface area contributed by atoms with Crippen molar-refractivity contribution in [1.29, 1.82) is 0 Å². The number of amides is 1. The largest absolute Gasteiger partial charge is 0.454 e. The lowest BCUT2D eigenvalue weighted by Crippen LogP contribution is -2.64. The number of aliphatic hydroxyl groups is 1. The van der Waals surface area contributed by atoms with Crippen molar-refractivity contribution in [2.45, 2.75) is 31.3 Å². The number of benzene rings is 1. The van der Waals surface area contributed by atoms with Crippen LogP contribution in [0.4, 0.5) is 0 Å². The first-order chi connectivity index (χ1) is 10.1. The van der Waals surface area contributed by atoms with Crippen LogP contribution in [0.25, 0.3) is 0 Å². The van der Waals surface area contributed by atoms with Crippen molar-refractivity contribution in [3.05, 3.63) is 23.8 Å². The van der Waals surface area contributed by atoms with Crippen molar-refractivity contribution in [3.63, 3.8) is 0 Å². The number of hydrogen-bond donors (Lipinski definition) is 1. The van der Waals surface area contributed by atoms with Crippen LogP contribution in [0.5, 0.6) is 11.5 Å². The van der Waals surface area contributed by atoms with Gasteiger partial charge in [0.2, 0.25) is 12.7 Å². The number of carbonyl (C=O) groups excluding carboxylic acids is 1.